The molecule has 2 aromatic rings. The van der Waals surface area contributed by atoms with E-state index in [0.29, 0.717) is 19.6 Å². The number of hydrogen-bond acceptors (Lipinski definition) is 5. The molecular weight excluding hydrogens is 346 g/mol. The van der Waals surface area contributed by atoms with Crippen LogP contribution in [-0.2, 0) is 22.7 Å². The molecule has 0 spiro atoms. The summed E-state index contributed by atoms with van der Waals surface area (Å²) in [6.45, 7) is 7.51. The fraction of sp³-hybridized carbons (Fsp3) is 0.579. The van der Waals surface area contributed by atoms with Gasteiger partial charge in [-0.15, -0.1) is 0 Å². The summed E-state index contributed by atoms with van der Waals surface area (Å²) in [7, 11) is 0. The summed E-state index contributed by atoms with van der Waals surface area (Å²) >= 11 is 0. The summed E-state index contributed by atoms with van der Waals surface area (Å²) in [5.74, 6) is 1.62. The summed E-state index contributed by atoms with van der Waals surface area (Å²) in [5, 5.41) is 4.00. The molecule has 27 heavy (non-hydrogen) atoms. The molecule has 5 heterocycles. The average Bonchev–Trinajstić information content (AvgIpc) is 3.04. The monoisotopic (exact) mass is 371 g/mol. The van der Waals surface area contributed by atoms with Crippen molar-refractivity contribution >= 4 is 11.8 Å². The van der Waals surface area contributed by atoms with Gasteiger partial charge in [0.25, 0.3) is 0 Å². The minimum absolute atomic E-state index is 0.0396. The molecule has 8 heteroatoms. The van der Waals surface area contributed by atoms with Gasteiger partial charge in [0, 0.05) is 37.1 Å². The van der Waals surface area contributed by atoms with Crippen molar-refractivity contribution < 1.29 is 14.1 Å². The number of piperidine rings is 1. The zero-order chi connectivity index (χ0) is 19.1. The van der Waals surface area contributed by atoms with Crippen LogP contribution >= 0.6 is 0 Å². The van der Waals surface area contributed by atoms with Crippen LogP contribution in [0, 0.1) is 26.7 Å². The maximum absolute atomic E-state index is 13.0. The molecule has 3 aliphatic heterocycles. The van der Waals surface area contributed by atoms with E-state index in [1.54, 1.807) is 6.20 Å². The van der Waals surface area contributed by atoms with E-state index in [9.17, 15) is 9.59 Å². The third kappa shape index (κ3) is 3.24. The zero-order valence-electron chi connectivity index (χ0n) is 16.0. The van der Waals surface area contributed by atoms with Gasteiger partial charge in [0.2, 0.25) is 11.8 Å². The Labute approximate surface area is 158 Å². The molecule has 0 radical (unpaired) electrons. The molecule has 2 bridgehead atoms. The average molecular weight is 371 g/mol. The molecular formula is C19H25N5O3. The second-order valence-electron chi connectivity index (χ2n) is 7.60. The lowest BCUT2D eigenvalue weighted by molar-refractivity contribution is -0.140. The van der Waals surface area contributed by atoms with Crippen molar-refractivity contribution in [2.75, 3.05) is 13.1 Å². The van der Waals surface area contributed by atoms with Crippen molar-refractivity contribution in [3.8, 4) is 0 Å². The Hall–Kier alpha value is -2.64. The first-order chi connectivity index (χ1) is 12.9. The van der Waals surface area contributed by atoms with Gasteiger partial charge in [0.1, 0.15) is 18.1 Å². The summed E-state index contributed by atoms with van der Waals surface area (Å²) in [4.78, 5) is 33.8. The molecule has 144 valence electrons. The molecule has 8 nitrogen and oxygen atoms in total. The highest BCUT2D eigenvalue weighted by atomic mass is 16.5. The second kappa shape index (κ2) is 6.83. The maximum Gasteiger partial charge on any atom is 0.242 e. The quantitative estimate of drug-likeness (QED) is 0.812. The fourth-order valence-electron chi connectivity index (χ4n) is 4.17. The number of carbonyl (C=O) groups excluding carboxylic acids is 2. The highest BCUT2D eigenvalue weighted by Gasteiger charge is 2.42. The van der Waals surface area contributed by atoms with Gasteiger partial charge in [0.05, 0.1) is 18.2 Å². The number of carbonyl (C=O) groups is 2. The van der Waals surface area contributed by atoms with E-state index in [0.717, 1.165) is 35.7 Å². The van der Waals surface area contributed by atoms with E-state index < -0.39 is 0 Å². The van der Waals surface area contributed by atoms with E-state index in [4.69, 9.17) is 4.52 Å². The topological polar surface area (TPSA) is 84.5 Å². The predicted molar refractivity (Wildman–Crippen MR) is 96.6 cm³/mol. The maximum atomic E-state index is 13.0. The van der Waals surface area contributed by atoms with Gasteiger partial charge in [-0.1, -0.05) is 5.16 Å². The van der Waals surface area contributed by atoms with Gasteiger partial charge in [0.15, 0.2) is 0 Å². The largest absolute Gasteiger partial charge is 0.361 e. The molecule has 2 atom stereocenters. The summed E-state index contributed by atoms with van der Waals surface area (Å²) < 4.78 is 7.10. The van der Waals surface area contributed by atoms with E-state index >= 15 is 0 Å². The Morgan fingerprint density at radius 2 is 2.07 bits per heavy atom. The van der Waals surface area contributed by atoms with Gasteiger partial charge >= 0.3 is 0 Å². The first kappa shape index (κ1) is 17.8. The molecule has 2 aromatic heterocycles. The Bertz CT molecular complexity index is 851. The van der Waals surface area contributed by atoms with Gasteiger partial charge in [-0.2, -0.15) is 0 Å². The van der Waals surface area contributed by atoms with Gasteiger partial charge in [-0.25, -0.2) is 4.98 Å². The van der Waals surface area contributed by atoms with Crippen molar-refractivity contribution in [1.29, 1.82) is 0 Å². The van der Waals surface area contributed by atoms with Crippen LogP contribution in [0.3, 0.4) is 0 Å². The van der Waals surface area contributed by atoms with Crippen LogP contribution in [-0.4, -0.2) is 55.5 Å². The number of hydrogen-bond donors (Lipinski definition) is 0. The highest BCUT2D eigenvalue weighted by Crippen LogP contribution is 2.31. The number of aromatic nitrogens is 3. The van der Waals surface area contributed by atoms with Gasteiger partial charge < -0.3 is 18.9 Å². The predicted octanol–water partition coefficient (Wildman–Crippen LogP) is 1.45. The normalized spacial score (nSPS) is 22.4. The molecule has 0 aliphatic carbocycles. The molecule has 3 aliphatic rings. The minimum Gasteiger partial charge on any atom is -0.361 e. The standard InChI is InChI=1S/C19H25N5O3/c1-12-17(13(2)27-21-12)10-24-16-5-4-15(19(24)26)8-23(9-16)18(25)11-22-7-6-20-14(22)3/h6-7,15-16H,4-5,8-11H2,1-3H3. The van der Waals surface area contributed by atoms with Crippen LogP contribution in [0.1, 0.15) is 35.7 Å². The Kier molecular flexibility index (Phi) is 4.49. The first-order valence-corrected chi connectivity index (χ1v) is 9.41. The number of rotatable bonds is 4. The molecule has 3 fully saturated rings. The molecule has 2 unspecified atom stereocenters. The third-order valence-corrected chi connectivity index (χ3v) is 5.88. The summed E-state index contributed by atoms with van der Waals surface area (Å²) in [6, 6.07) is 0.0396. The van der Waals surface area contributed by atoms with E-state index in [1.165, 1.54) is 0 Å². The molecule has 0 aromatic carbocycles. The van der Waals surface area contributed by atoms with Crippen LogP contribution in [0.25, 0.3) is 0 Å². The zero-order valence-corrected chi connectivity index (χ0v) is 16.0. The first-order valence-electron chi connectivity index (χ1n) is 9.41. The smallest absolute Gasteiger partial charge is 0.242 e. The molecule has 2 amide bonds. The lowest BCUT2D eigenvalue weighted by atomic mass is 9.93. The van der Waals surface area contributed by atoms with E-state index in [-0.39, 0.29) is 30.3 Å². The van der Waals surface area contributed by atoms with Crippen LogP contribution < -0.4 is 0 Å². The van der Waals surface area contributed by atoms with Crippen molar-refractivity contribution in [3.05, 3.63) is 35.2 Å². The molecule has 5 rings (SSSR count). The lowest BCUT2D eigenvalue weighted by Gasteiger charge is -2.35. The highest BCUT2D eigenvalue weighted by molar-refractivity contribution is 5.83. The van der Waals surface area contributed by atoms with Gasteiger partial charge in [-0.3, -0.25) is 9.59 Å². The number of nitrogens with zero attached hydrogens (tertiary/aromatic N) is 5. The Morgan fingerprint density at radius 3 is 2.74 bits per heavy atom. The van der Waals surface area contributed by atoms with Crippen molar-refractivity contribution in [2.24, 2.45) is 5.92 Å². The molecule has 0 N–H and O–H groups in total. The van der Waals surface area contributed by atoms with Gasteiger partial charge in [-0.05, 0) is 33.6 Å². The van der Waals surface area contributed by atoms with Crippen LogP contribution in [0.5, 0.6) is 0 Å². The van der Waals surface area contributed by atoms with Crippen LogP contribution in [0.15, 0.2) is 16.9 Å². The number of imidazole rings is 1. The summed E-state index contributed by atoms with van der Waals surface area (Å²) in [5.41, 5.74) is 1.80. The minimum atomic E-state index is -0.128. The fourth-order valence-corrected chi connectivity index (χ4v) is 4.17. The molecule has 0 saturated carbocycles. The van der Waals surface area contributed by atoms with Crippen LogP contribution in [0.4, 0.5) is 0 Å². The Balaban J connectivity index is 1.52. The number of fused-ring (bicyclic) bond motifs is 4. The lowest BCUT2D eigenvalue weighted by Crippen LogP contribution is -2.47. The summed E-state index contributed by atoms with van der Waals surface area (Å²) in [6.07, 6.45) is 5.28. The number of aryl methyl sites for hydroxylation is 3. The van der Waals surface area contributed by atoms with E-state index in [1.807, 2.05) is 41.3 Å². The third-order valence-electron chi connectivity index (χ3n) is 5.88. The molecule has 3 saturated heterocycles. The van der Waals surface area contributed by atoms with Crippen molar-refractivity contribution in [2.45, 2.75) is 52.7 Å². The SMILES string of the molecule is Cc1noc(C)c1CN1C(=O)C2CCC1CN(C(=O)Cn1ccnc1C)C2. The van der Waals surface area contributed by atoms with E-state index in [2.05, 4.69) is 10.1 Å². The van der Waals surface area contributed by atoms with Crippen molar-refractivity contribution in [1.82, 2.24) is 24.5 Å². The second-order valence-corrected chi connectivity index (χ2v) is 7.60. The Morgan fingerprint density at radius 1 is 1.26 bits per heavy atom. The van der Waals surface area contributed by atoms with Crippen LogP contribution in [0.2, 0.25) is 0 Å². The van der Waals surface area contributed by atoms with Crippen molar-refractivity contribution in [3.63, 3.8) is 0 Å². The number of amides is 2.